The average Bonchev–Trinajstić information content (AvgIpc) is 2.27. The third-order valence-electron chi connectivity index (χ3n) is 1.19. The molecule has 0 spiro atoms. The lowest BCUT2D eigenvalue weighted by molar-refractivity contribution is 0.542. The molecule has 0 radical (unpaired) electrons. The monoisotopic (exact) mass is 136 g/mol. The van der Waals surface area contributed by atoms with E-state index >= 15 is 0 Å². The number of rotatable bonds is 0. The minimum atomic E-state index is 0.644. The van der Waals surface area contributed by atoms with Gasteiger partial charge in [0.15, 0.2) is 0 Å². The Morgan fingerprint density at radius 3 is 3.10 bits per heavy atom. The van der Waals surface area contributed by atoms with E-state index in [1.807, 2.05) is 0 Å². The molecule has 0 aliphatic carbocycles. The van der Waals surface area contributed by atoms with Gasteiger partial charge in [0, 0.05) is 13.2 Å². The highest BCUT2D eigenvalue weighted by molar-refractivity contribution is 5.65. The first-order valence-corrected chi connectivity index (χ1v) is 2.89. The van der Waals surface area contributed by atoms with Gasteiger partial charge in [-0.15, -0.1) is 0 Å². The second kappa shape index (κ2) is 1.81. The van der Waals surface area contributed by atoms with Crippen LogP contribution >= 0.6 is 0 Å². The van der Waals surface area contributed by atoms with Crippen LogP contribution in [0.4, 0.5) is 11.6 Å². The Balaban J connectivity index is 2.42. The van der Waals surface area contributed by atoms with Gasteiger partial charge in [-0.2, -0.15) is 0 Å². The van der Waals surface area contributed by atoms with E-state index in [1.165, 1.54) is 0 Å². The summed E-state index contributed by atoms with van der Waals surface area (Å²) in [4.78, 5) is 7.98. The Morgan fingerprint density at radius 1 is 1.50 bits per heavy atom. The van der Waals surface area contributed by atoms with E-state index in [4.69, 9.17) is 0 Å². The molecule has 0 unspecified atom stereocenters. The van der Waals surface area contributed by atoms with E-state index in [2.05, 4.69) is 20.8 Å². The van der Waals surface area contributed by atoms with Crippen molar-refractivity contribution in [2.24, 2.45) is 0 Å². The summed E-state index contributed by atoms with van der Waals surface area (Å²) in [5, 5.41) is 1.57. The van der Waals surface area contributed by atoms with E-state index in [1.54, 1.807) is 24.6 Å². The maximum absolute atomic E-state index is 4.00. The molecule has 0 saturated heterocycles. The number of hydrogen-bond acceptors (Lipinski definition) is 4. The summed E-state index contributed by atoms with van der Waals surface area (Å²) < 4.78 is 0. The first-order chi connectivity index (χ1) is 4.86. The Bertz CT molecular complexity index is 223. The summed E-state index contributed by atoms with van der Waals surface area (Å²) in [6, 6.07) is 0. The molecule has 0 aromatic carbocycles. The van der Waals surface area contributed by atoms with Gasteiger partial charge in [-0.1, -0.05) is 6.20 Å². The quantitative estimate of drug-likeness (QED) is 0.569. The predicted molar refractivity (Wildman–Crippen MR) is 36.4 cm³/mol. The molecule has 0 saturated carbocycles. The van der Waals surface area contributed by atoms with Crippen molar-refractivity contribution >= 4 is 11.6 Å². The van der Waals surface area contributed by atoms with Gasteiger partial charge in [0.1, 0.15) is 5.82 Å². The first kappa shape index (κ1) is 5.43. The fourth-order valence-corrected chi connectivity index (χ4v) is 0.803. The fraction of sp³-hybridized carbons (Fsp3) is 0.200. The second-order valence-electron chi connectivity index (χ2n) is 1.96. The maximum atomic E-state index is 4.00. The minimum Gasteiger partial charge on any atom is -0.437 e. The predicted octanol–water partition coefficient (Wildman–Crippen LogP) is 0.669. The number of hydrazine groups is 1. The van der Waals surface area contributed by atoms with Crippen molar-refractivity contribution in [3.63, 3.8) is 0 Å². The van der Waals surface area contributed by atoms with Gasteiger partial charge in [0.05, 0.1) is 0 Å². The van der Waals surface area contributed by atoms with Gasteiger partial charge in [0.25, 0.3) is 0 Å². The first-order valence-electron chi connectivity index (χ1n) is 2.89. The Morgan fingerprint density at radius 2 is 2.30 bits per heavy atom. The van der Waals surface area contributed by atoms with E-state index < -0.39 is 0 Å². The fourth-order valence-electron chi connectivity index (χ4n) is 0.803. The number of anilines is 1. The number of fused-ring (bicyclic) bond motifs is 1. The van der Waals surface area contributed by atoms with Crippen LogP contribution in [0.25, 0.3) is 5.43 Å². The summed E-state index contributed by atoms with van der Waals surface area (Å²) in [6.45, 7) is 0. The summed E-state index contributed by atoms with van der Waals surface area (Å²) in [5.74, 6) is 1.36. The third kappa shape index (κ3) is 0.679. The molecular weight excluding hydrogens is 130 g/mol. The topological polar surface area (TPSA) is 55.2 Å². The zero-order valence-electron chi connectivity index (χ0n) is 5.44. The Kier molecular flexibility index (Phi) is 0.983. The molecule has 0 amide bonds. The number of nitrogens with zero attached hydrogens (tertiary/aromatic N) is 4. The van der Waals surface area contributed by atoms with Gasteiger partial charge < -0.3 is 15.8 Å². The van der Waals surface area contributed by atoms with Crippen LogP contribution in [0.2, 0.25) is 0 Å². The highest BCUT2D eigenvalue weighted by Crippen LogP contribution is 2.30. The summed E-state index contributed by atoms with van der Waals surface area (Å²) in [5.41, 5.74) is 6.89. The molecule has 1 aliphatic heterocycles. The summed E-state index contributed by atoms with van der Waals surface area (Å²) in [6.07, 6.45) is 3.24. The number of nitrogens with one attached hydrogen (secondary N) is 1. The van der Waals surface area contributed by atoms with Crippen molar-refractivity contribution in [3.05, 3.63) is 17.8 Å². The number of aromatic nitrogens is 2. The van der Waals surface area contributed by atoms with Crippen molar-refractivity contribution < 1.29 is 0 Å². The molecule has 1 aliphatic rings. The zero-order valence-corrected chi connectivity index (χ0v) is 5.44. The molecule has 1 aromatic rings. The summed E-state index contributed by atoms with van der Waals surface area (Å²) in [7, 11) is 1.80. The lowest BCUT2D eigenvalue weighted by Gasteiger charge is -2.12. The van der Waals surface area contributed by atoms with Crippen LogP contribution in [-0.4, -0.2) is 22.1 Å². The SMILES string of the molecule is CN1[N-]c2nccnc2N1. The standard InChI is InChI=1S/C5H6N5/c1-10-8-4-5(9-10)7-3-2-6-4/h2-3H,1H3,(H-,6,7,8,9)/q-1. The minimum absolute atomic E-state index is 0.644. The van der Waals surface area contributed by atoms with Crippen LogP contribution in [0, 0.1) is 0 Å². The third-order valence-corrected chi connectivity index (χ3v) is 1.19. The molecule has 5 heteroatoms. The van der Waals surface area contributed by atoms with E-state index in [0.717, 1.165) is 0 Å². The molecule has 0 atom stereocenters. The van der Waals surface area contributed by atoms with Crippen LogP contribution in [0.3, 0.4) is 0 Å². The van der Waals surface area contributed by atoms with Gasteiger partial charge in [-0.05, 0) is 5.82 Å². The largest absolute Gasteiger partial charge is 0.437 e. The van der Waals surface area contributed by atoms with E-state index in [-0.39, 0.29) is 0 Å². The smallest absolute Gasteiger partial charge is 0.140 e. The normalized spacial score (nSPS) is 15.7. The molecule has 0 fully saturated rings. The number of hydrogen-bond donors (Lipinski definition) is 1. The molecule has 2 heterocycles. The molecular formula is C5H6N5-. The molecule has 0 bridgehead atoms. The van der Waals surface area contributed by atoms with Gasteiger partial charge >= 0.3 is 0 Å². The maximum Gasteiger partial charge on any atom is 0.140 e. The van der Waals surface area contributed by atoms with Crippen LogP contribution in [0.5, 0.6) is 0 Å². The van der Waals surface area contributed by atoms with Crippen molar-refractivity contribution in [3.8, 4) is 0 Å². The van der Waals surface area contributed by atoms with Crippen LogP contribution in [0.1, 0.15) is 0 Å². The second-order valence-corrected chi connectivity index (χ2v) is 1.96. The van der Waals surface area contributed by atoms with Gasteiger partial charge in [0.2, 0.25) is 0 Å². The molecule has 10 heavy (non-hydrogen) atoms. The van der Waals surface area contributed by atoms with Crippen molar-refractivity contribution in [1.29, 1.82) is 0 Å². The van der Waals surface area contributed by atoms with Crippen LogP contribution < -0.4 is 5.43 Å². The molecule has 1 aromatic heterocycles. The molecule has 5 nitrogen and oxygen atoms in total. The Labute approximate surface area is 58.0 Å². The summed E-state index contributed by atoms with van der Waals surface area (Å²) >= 11 is 0. The average molecular weight is 136 g/mol. The molecule has 52 valence electrons. The molecule has 2 rings (SSSR count). The lowest BCUT2D eigenvalue weighted by atomic mass is 10.6. The lowest BCUT2D eigenvalue weighted by Crippen LogP contribution is -2.13. The zero-order chi connectivity index (χ0) is 6.97. The Hall–Kier alpha value is -1.36. The van der Waals surface area contributed by atoms with Crippen molar-refractivity contribution in [2.75, 3.05) is 12.5 Å². The van der Waals surface area contributed by atoms with Crippen LogP contribution in [-0.2, 0) is 0 Å². The van der Waals surface area contributed by atoms with Crippen molar-refractivity contribution in [1.82, 2.24) is 15.1 Å². The van der Waals surface area contributed by atoms with Gasteiger partial charge in [-0.25, -0.2) is 10.1 Å². The van der Waals surface area contributed by atoms with Crippen LogP contribution in [0.15, 0.2) is 12.4 Å². The highest BCUT2D eigenvalue weighted by Gasteiger charge is 2.05. The molecule has 1 N–H and O–H groups in total. The van der Waals surface area contributed by atoms with Gasteiger partial charge in [-0.3, -0.25) is 0 Å². The van der Waals surface area contributed by atoms with E-state index in [9.17, 15) is 0 Å². The highest BCUT2D eigenvalue weighted by atomic mass is 15.8. The van der Waals surface area contributed by atoms with Crippen molar-refractivity contribution in [2.45, 2.75) is 0 Å². The van der Waals surface area contributed by atoms with E-state index in [0.29, 0.717) is 11.6 Å².